The summed E-state index contributed by atoms with van der Waals surface area (Å²) in [5, 5.41) is 0.589. The summed E-state index contributed by atoms with van der Waals surface area (Å²) in [5.74, 6) is -0.670. The van der Waals surface area contributed by atoms with Gasteiger partial charge in [0, 0.05) is 9.51 Å². The first kappa shape index (κ1) is 12.8. The smallest absolute Gasteiger partial charge is 0.337 e. The monoisotopic (exact) mass is 299 g/mol. The molecule has 0 aliphatic carbocycles. The van der Waals surface area contributed by atoms with Crippen molar-refractivity contribution in [3.8, 4) is 0 Å². The lowest BCUT2D eigenvalue weighted by Gasteiger charge is -2.03. The van der Waals surface area contributed by atoms with Gasteiger partial charge in [-0.05, 0) is 17.7 Å². The molecule has 1 rings (SSSR count). The molecule has 0 saturated carbocycles. The zero-order valence-corrected chi connectivity index (χ0v) is 10.7. The van der Waals surface area contributed by atoms with Gasteiger partial charge in [-0.3, -0.25) is 4.79 Å². The number of carbonyl (C=O) groups is 1. The second-order valence-electron chi connectivity index (χ2n) is 2.77. The molecule has 0 unspecified atom stereocenters. The average Bonchev–Trinajstić information content (AvgIpc) is 2.30. The fourth-order valence-corrected chi connectivity index (χ4v) is 1.65. The summed E-state index contributed by atoms with van der Waals surface area (Å²) in [6.45, 7) is 6.93. The second-order valence-corrected chi connectivity index (χ2v) is 4.00. The van der Waals surface area contributed by atoms with Crippen LogP contribution in [0.2, 0.25) is 5.02 Å². The number of esters is 1. The number of benzene rings is 1. The normalized spacial score (nSPS) is 11.4. The van der Waals surface area contributed by atoms with Gasteiger partial charge in [-0.25, -0.2) is 4.85 Å². The van der Waals surface area contributed by atoms with Gasteiger partial charge in [0.05, 0.1) is 13.7 Å². The molecule has 16 heavy (non-hydrogen) atoms. The average molecular weight is 301 g/mol. The molecule has 0 aliphatic rings. The Labute approximate surface area is 107 Å². The van der Waals surface area contributed by atoms with E-state index < -0.39 is 5.97 Å². The predicted octanol–water partition coefficient (Wildman–Crippen LogP) is 3.50. The maximum atomic E-state index is 11.3. The van der Waals surface area contributed by atoms with Crippen LogP contribution in [-0.4, -0.2) is 13.1 Å². The van der Waals surface area contributed by atoms with Crippen LogP contribution in [0.15, 0.2) is 30.0 Å². The molecule has 0 heterocycles. The van der Waals surface area contributed by atoms with E-state index in [0.29, 0.717) is 15.1 Å². The van der Waals surface area contributed by atoms with Gasteiger partial charge in [-0.1, -0.05) is 39.7 Å². The Bertz CT molecular complexity index is 474. The van der Waals surface area contributed by atoms with Gasteiger partial charge < -0.3 is 4.74 Å². The molecule has 1 aromatic rings. The Morgan fingerprint density at radius 2 is 2.00 bits per heavy atom. The minimum Gasteiger partial charge on any atom is -0.474 e. The number of methoxy groups -OCH3 is 1. The predicted molar refractivity (Wildman–Crippen MR) is 65.9 cm³/mol. The van der Waals surface area contributed by atoms with Crippen molar-refractivity contribution in [1.82, 2.24) is 0 Å². The van der Waals surface area contributed by atoms with Crippen LogP contribution in [0.4, 0.5) is 0 Å². The number of halogens is 2. The van der Waals surface area contributed by atoms with Crippen molar-refractivity contribution in [2.45, 2.75) is 0 Å². The molecule has 0 aromatic heterocycles. The third-order valence-corrected chi connectivity index (χ3v) is 2.88. The maximum absolute atomic E-state index is 11.3. The van der Waals surface area contributed by atoms with E-state index in [0.717, 1.165) is 0 Å². The van der Waals surface area contributed by atoms with Gasteiger partial charge in [-0.15, -0.1) is 0 Å². The molecule has 5 heteroatoms. The van der Waals surface area contributed by atoms with E-state index in [1.54, 1.807) is 24.3 Å². The lowest BCUT2D eigenvalue weighted by Crippen LogP contribution is -2.02. The molecular formula is C11H7BrClNO2. The van der Waals surface area contributed by atoms with Crippen molar-refractivity contribution in [3.05, 3.63) is 52.0 Å². The molecule has 0 radical (unpaired) electrons. The van der Waals surface area contributed by atoms with Crippen molar-refractivity contribution >= 4 is 38.0 Å². The number of carbonyl (C=O) groups excluding carboxylic acids is 1. The summed E-state index contributed by atoms with van der Waals surface area (Å²) in [6, 6.07) is 6.77. The van der Waals surface area contributed by atoms with Crippen LogP contribution in [0.25, 0.3) is 9.33 Å². The van der Waals surface area contributed by atoms with E-state index in [4.69, 9.17) is 18.2 Å². The molecule has 3 nitrogen and oxygen atoms in total. The van der Waals surface area contributed by atoms with E-state index in [-0.39, 0.29) is 5.70 Å². The van der Waals surface area contributed by atoms with Gasteiger partial charge in [0.25, 0.3) is 5.70 Å². The zero-order valence-electron chi connectivity index (χ0n) is 8.33. The molecule has 0 bridgehead atoms. The molecule has 0 saturated heterocycles. The molecule has 82 valence electrons. The van der Waals surface area contributed by atoms with Crippen LogP contribution >= 0.6 is 27.5 Å². The van der Waals surface area contributed by atoms with Crippen LogP contribution in [0.5, 0.6) is 0 Å². The number of hydrogen-bond acceptors (Lipinski definition) is 2. The molecule has 0 amide bonds. The Morgan fingerprint density at radius 1 is 1.44 bits per heavy atom. The van der Waals surface area contributed by atoms with Gasteiger partial charge in [0.15, 0.2) is 0 Å². The quantitative estimate of drug-likeness (QED) is 0.475. The van der Waals surface area contributed by atoms with Crippen molar-refractivity contribution in [2.24, 2.45) is 0 Å². The minimum absolute atomic E-state index is 0.0928. The third-order valence-electron chi connectivity index (χ3n) is 1.80. The Morgan fingerprint density at radius 3 is 2.44 bits per heavy atom. The summed E-state index contributed by atoms with van der Waals surface area (Å²) in [7, 11) is 1.23. The Hall–Kier alpha value is -1.31. The van der Waals surface area contributed by atoms with Gasteiger partial charge >= 0.3 is 5.97 Å². The first-order chi connectivity index (χ1) is 7.60. The third kappa shape index (κ3) is 2.84. The highest BCUT2D eigenvalue weighted by Crippen LogP contribution is 2.27. The Balaban J connectivity index is 3.21. The second kappa shape index (κ2) is 5.69. The fourth-order valence-electron chi connectivity index (χ4n) is 1.01. The summed E-state index contributed by atoms with van der Waals surface area (Å²) >= 11 is 8.94. The van der Waals surface area contributed by atoms with E-state index in [1.165, 1.54) is 7.11 Å². The number of rotatable bonds is 2. The molecule has 1 aromatic carbocycles. The van der Waals surface area contributed by atoms with E-state index in [1.807, 2.05) is 0 Å². The molecular weight excluding hydrogens is 293 g/mol. The van der Waals surface area contributed by atoms with Crippen LogP contribution in [0, 0.1) is 6.57 Å². The highest BCUT2D eigenvalue weighted by Gasteiger charge is 2.15. The van der Waals surface area contributed by atoms with Crippen molar-refractivity contribution < 1.29 is 9.53 Å². The number of hydrogen-bond donors (Lipinski definition) is 0. The lowest BCUT2D eigenvalue weighted by atomic mass is 10.2. The Kier molecular flexibility index (Phi) is 4.53. The first-order valence-electron chi connectivity index (χ1n) is 4.21. The van der Waals surface area contributed by atoms with Crippen molar-refractivity contribution in [1.29, 1.82) is 0 Å². The number of nitrogens with zero attached hydrogens (tertiary/aromatic N) is 1. The van der Waals surface area contributed by atoms with E-state index >= 15 is 0 Å². The van der Waals surface area contributed by atoms with Crippen LogP contribution < -0.4 is 0 Å². The lowest BCUT2D eigenvalue weighted by molar-refractivity contribution is -0.135. The van der Waals surface area contributed by atoms with Crippen LogP contribution in [-0.2, 0) is 9.53 Å². The van der Waals surface area contributed by atoms with Crippen LogP contribution in [0.3, 0.4) is 0 Å². The number of ether oxygens (including phenoxy) is 1. The van der Waals surface area contributed by atoms with E-state index in [9.17, 15) is 4.79 Å². The standard InChI is InChI=1S/C11H7BrClNO2/c1-14-10(11(15)16-2)9(12)7-3-5-8(13)6-4-7/h3-6H,2H3/b10-9-. The highest BCUT2D eigenvalue weighted by molar-refractivity contribution is 9.15. The minimum atomic E-state index is -0.670. The largest absolute Gasteiger partial charge is 0.474 e. The van der Waals surface area contributed by atoms with Gasteiger partial charge in [0.2, 0.25) is 0 Å². The molecule has 0 spiro atoms. The van der Waals surface area contributed by atoms with E-state index in [2.05, 4.69) is 25.5 Å². The molecule has 0 atom stereocenters. The summed E-state index contributed by atoms with van der Waals surface area (Å²) in [5.41, 5.74) is 0.602. The summed E-state index contributed by atoms with van der Waals surface area (Å²) < 4.78 is 4.90. The topological polar surface area (TPSA) is 30.7 Å². The highest BCUT2D eigenvalue weighted by atomic mass is 79.9. The van der Waals surface area contributed by atoms with Crippen molar-refractivity contribution in [2.75, 3.05) is 7.11 Å². The fraction of sp³-hybridized carbons (Fsp3) is 0.0909. The molecule has 0 N–H and O–H groups in total. The zero-order chi connectivity index (χ0) is 12.1. The summed E-state index contributed by atoms with van der Waals surface area (Å²) in [4.78, 5) is 14.4. The summed E-state index contributed by atoms with van der Waals surface area (Å²) in [6.07, 6.45) is 0. The van der Waals surface area contributed by atoms with Gasteiger partial charge in [-0.2, -0.15) is 0 Å². The first-order valence-corrected chi connectivity index (χ1v) is 5.38. The maximum Gasteiger partial charge on any atom is 0.337 e. The van der Waals surface area contributed by atoms with Gasteiger partial charge in [0.1, 0.15) is 0 Å². The molecule has 0 aliphatic heterocycles. The van der Waals surface area contributed by atoms with Crippen LogP contribution in [0.1, 0.15) is 5.56 Å². The van der Waals surface area contributed by atoms with Crippen molar-refractivity contribution in [3.63, 3.8) is 0 Å². The molecule has 0 fully saturated rings. The SMILES string of the molecule is [C-]#[N+]/C(C(=O)OC)=C(\Br)c1ccc(Cl)cc1.